The molecule has 3 rings (SSSR count). The van der Waals surface area contributed by atoms with E-state index < -0.39 is 0 Å². The van der Waals surface area contributed by atoms with Crippen molar-refractivity contribution in [3.63, 3.8) is 0 Å². The Hall–Kier alpha value is -1.06. The van der Waals surface area contributed by atoms with Crippen molar-refractivity contribution in [3.8, 4) is 5.75 Å². The summed E-state index contributed by atoms with van der Waals surface area (Å²) in [5.41, 5.74) is 2.58. The molecule has 0 N–H and O–H groups in total. The lowest BCUT2D eigenvalue weighted by molar-refractivity contribution is -0.166. The molecule has 0 spiro atoms. The highest BCUT2D eigenvalue weighted by Gasteiger charge is 2.60. The predicted molar refractivity (Wildman–Crippen MR) is 54.9 cm³/mol. The van der Waals surface area contributed by atoms with E-state index in [4.69, 9.17) is 14.2 Å². The maximum absolute atomic E-state index is 5.73. The lowest BCUT2D eigenvalue weighted by atomic mass is 10.0. The monoisotopic (exact) mass is 206 g/mol. The van der Waals surface area contributed by atoms with Gasteiger partial charge in [-0.3, -0.25) is 0 Å². The molecule has 0 unspecified atom stereocenters. The predicted octanol–water partition coefficient (Wildman–Crippen LogP) is 2.06. The van der Waals surface area contributed by atoms with Gasteiger partial charge in [0.05, 0.1) is 13.7 Å². The summed E-state index contributed by atoms with van der Waals surface area (Å²) in [5.74, 6) is 0.966. The first-order valence-electron chi connectivity index (χ1n) is 5.15. The van der Waals surface area contributed by atoms with Crippen molar-refractivity contribution in [3.05, 3.63) is 29.3 Å². The zero-order valence-corrected chi connectivity index (χ0v) is 8.95. The fourth-order valence-corrected chi connectivity index (χ4v) is 2.37. The van der Waals surface area contributed by atoms with Crippen LogP contribution in [-0.2, 0) is 16.1 Å². The molecule has 0 saturated heterocycles. The zero-order chi connectivity index (χ0) is 10.5. The molecule has 2 atom stereocenters. The lowest BCUT2D eigenvalue weighted by Gasteiger charge is -2.24. The normalized spacial score (nSPS) is 31.7. The van der Waals surface area contributed by atoms with E-state index in [9.17, 15) is 0 Å². The zero-order valence-electron chi connectivity index (χ0n) is 8.95. The van der Waals surface area contributed by atoms with Gasteiger partial charge in [0.15, 0.2) is 5.79 Å². The van der Waals surface area contributed by atoms with Crippen LogP contribution in [0.4, 0.5) is 0 Å². The molecular weight excluding hydrogens is 192 g/mol. The molecule has 1 aromatic carbocycles. The second-order valence-electron chi connectivity index (χ2n) is 4.13. The van der Waals surface area contributed by atoms with Crippen LogP contribution in [0.25, 0.3) is 0 Å². The topological polar surface area (TPSA) is 27.7 Å². The summed E-state index contributed by atoms with van der Waals surface area (Å²) >= 11 is 0. The molecule has 1 saturated carbocycles. The smallest absolute Gasteiger partial charge is 0.176 e. The average Bonchev–Trinajstić information content (AvgIpc) is 3.04. The molecule has 1 fully saturated rings. The fraction of sp³-hybridized carbons (Fsp3) is 0.500. The van der Waals surface area contributed by atoms with E-state index in [-0.39, 0.29) is 5.79 Å². The van der Waals surface area contributed by atoms with Crippen LogP contribution in [0.15, 0.2) is 18.2 Å². The summed E-state index contributed by atoms with van der Waals surface area (Å²) in [6, 6.07) is 6.15. The van der Waals surface area contributed by atoms with Crippen LogP contribution in [0.1, 0.15) is 23.5 Å². The molecule has 0 aromatic heterocycles. The highest BCUT2D eigenvalue weighted by molar-refractivity contribution is 5.43. The molecule has 80 valence electrons. The average molecular weight is 206 g/mol. The molecule has 0 bridgehead atoms. The van der Waals surface area contributed by atoms with Crippen molar-refractivity contribution in [2.45, 2.75) is 24.7 Å². The Kier molecular flexibility index (Phi) is 1.82. The second-order valence-corrected chi connectivity index (χ2v) is 4.13. The molecule has 0 radical (unpaired) electrons. The van der Waals surface area contributed by atoms with E-state index in [1.54, 1.807) is 14.2 Å². The highest BCUT2D eigenvalue weighted by Crippen LogP contribution is 2.58. The lowest BCUT2D eigenvalue weighted by Crippen LogP contribution is -2.23. The van der Waals surface area contributed by atoms with E-state index >= 15 is 0 Å². The Morgan fingerprint density at radius 1 is 1.40 bits per heavy atom. The van der Waals surface area contributed by atoms with E-state index in [1.807, 2.05) is 6.07 Å². The second kappa shape index (κ2) is 2.97. The van der Waals surface area contributed by atoms with Crippen molar-refractivity contribution in [1.29, 1.82) is 0 Å². The molecule has 1 heterocycles. The first-order chi connectivity index (χ1) is 7.29. The molecule has 15 heavy (non-hydrogen) atoms. The van der Waals surface area contributed by atoms with Gasteiger partial charge in [-0.15, -0.1) is 0 Å². The SMILES string of the molecule is COc1ccc2c(c1)[C@@H]1C[C@]1(OC)OC2. The molecule has 1 aromatic rings. The highest BCUT2D eigenvalue weighted by atomic mass is 16.7. The number of hydrogen-bond donors (Lipinski definition) is 0. The summed E-state index contributed by atoms with van der Waals surface area (Å²) in [4.78, 5) is 0. The van der Waals surface area contributed by atoms with Gasteiger partial charge in [0, 0.05) is 19.4 Å². The van der Waals surface area contributed by atoms with Crippen LogP contribution in [-0.4, -0.2) is 20.0 Å². The molecule has 2 aliphatic rings. The molecule has 3 heteroatoms. The Morgan fingerprint density at radius 3 is 3.00 bits per heavy atom. The van der Waals surface area contributed by atoms with Crippen molar-refractivity contribution >= 4 is 0 Å². The van der Waals surface area contributed by atoms with Gasteiger partial charge in [0.1, 0.15) is 5.75 Å². The van der Waals surface area contributed by atoms with Crippen molar-refractivity contribution in [2.75, 3.05) is 14.2 Å². The van der Waals surface area contributed by atoms with Crippen LogP contribution in [0.5, 0.6) is 5.75 Å². The van der Waals surface area contributed by atoms with Crippen molar-refractivity contribution in [2.24, 2.45) is 0 Å². The number of ether oxygens (including phenoxy) is 3. The Balaban J connectivity index is 2.01. The summed E-state index contributed by atoms with van der Waals surface area (Å²) < 4.78 is 16.4. The van der Waals surface area contributed by atoms with E-state index in [1.165, 1.54) is 11.1 Å². The Morgan fingerprint density at radius 2 is 2.27 bits per heavy atom. The van der Waals surface area contributed by atoms with Crippen LogP contribution in [0, 0.1) is 0 Å². The summed E-state index contributed by atoms with van der Waals surface area (Å²) in [6.07, 6.45) is 0.962. The summed E-state index contributed by atoms with van der Waals surface area (Å²) in [5, 5.41) is 0. The maximum Gasteiger partial charge on any atom is 0.176 e. The Labute approximate surface area is 89.0 Å². The minimum absolute atomic E-state index is 0.334. The number of rotatable bonds is 2. The fourth-order valence-electron chi connectivity index (χ4n) is 2.37. The van der Waals surface area contributed by atoms with Crippen LogP contribution in [0.3, 0.4) is 0 Å². The van der Waals surface area contributed by atoms with Gasteiger partial charge in [-0.25, -0.2) is 0 Å². The molecular formula is C12H14O3. The van der Waals surface area contributed by atoms with Crippen LogP contribution < -0.4 is 4.74 Å². The third-order valence-corrected chi connectivity index (χ3v) is 3.41. The first kappa shape index (κ1) is 9.19. The van der Waals surface area contributed by atoms with Gasteiger partial charge in [-0.1, -0.05) is 6.07 Å². The number of hydrogen-bond acceptors (Lipinski definition) is 3. The third kappa shape index (κ3) is 1.20. The van der Waals surface area contributed by atoms with E-state index in [2.05, 4.69) is 12.1 Å². The largest absolute Gasteiger partial charge is 0.497 e. The minimum Gasteiger partial charge on any atom is -0.497 e. The minimum atomic E-state index is -0.334. The molecule has 1 aliphatic heterocycles. The van der Waals surface area contributed by atoms with E-state index in [0.29, 0.717) is 12.5 Å². The van der Waals surface area contributed by atoms with Gasteiger partial charge in [0.2, 0.25) is 0 Å². The van der Waals surface area contributed by atoms with Crippen molar-refractivity contribution in [1.82, 2.24) is 0 Å². The van der Waals surface area contributed by atoms with Gasteiger partial charge in [-0.2, -0.15) is 0 Å². The third-order valence-electron chi connectivity index (χ3n) is 3.41. The van der Waals surface area contributed by atoms with Crippen LogP contribution in [0.2, 0.25) is 0 Å². The van der Waals surface area contributed by atoms with Gasteiger partial charge < -0.3 is 14.2 Å². The van der Waals surface area contributed by atoms with Gasteiger partial charge in [-0.05, 0) is 23.3 Å². The van der Waals surface area contributed by atoms with Crippen LogP contribution >= 0.6 is 0 Å². The standard InChI is InChI=1S/C12H14O3/c1-13-9-4-3-8-7-15-12(14-2)6-11(12)10(8)5-9/h3-5,11H,6-7H2,1-2H3/t11-,12-/m0/s1. The van der Waals surface area contributed by atoms with E-state index in [0.717, 1.165) is 12.2 Å². The Bertz CT molecular complexity index is 402. The number of benzene rings is 1. The van der Waals surface area contributed by atoms with Gasteiger partial charge in [0.25, 0.3) is 0 Å². The maximum atomic E-state index is 5.73. The quantitative estimate of drug-likeness (QED) is 0.741. The molecule has 3 nitrogen and oxygen atoms in total. The molecule has 1 aliphatic carbocycles. The first-order valence-corrected chi connectivity index (χ1v) is 5.15. The van der Waals surface area contributed by atoms with Gasteiger partial charge >= 0.3 is 0 Å². The molecule has 0 amide bonds. The van der Waals surface area contributed by atoms with Crippen molar-refractivity contribution < 1.29 is 14.2 Å². The summed E-state index contributed by atoms with van der Waals surface area (Å²) in [7, 11) is 3.41. The number of fused-ring (bicyclic) bond motifs is 3. The number of methoxy groups -OCH3 is 2. The summed E-state index contributed by atoms with van der Waals surface area (Å²) in [6.45, 7) is 0.643.